The fourth-order valence-corrected chi connectivity index (χ4v) is 5.15. The summed E-state index contributed by atoms with van der Waals surface area (Å²) in [5, 5.41) is 13.6. The van der Waals surface area contributed by atoms with E-state index >= 15 is 0 Å². The number of hydrogen-bond acceptors (Lipinski definition) is 2. The number of fused-ring (bicyclic) bond motifs is 3. The molecule has 0 aromatic heterocycles. The van der Waals surface area contributed by atoms with Gasteiger partial charge in [0.25, 0.3) is 0 Å². The summed E-state index contributed by atoms with van der Waals surface area (Å²) in [5.41, 5.74) is 3.17. The van der Waals surface area contributed by atoms with E-state index in [9.17, 15) is 5.11 Å². The van der Waals surface area contributed by atoms with E-state index in [0.717, 1.165) is 11.8 Å². The minimum Gasteiger partial charge on any atom is -0.396 e. The topological polar surface area (TPSA) is 32.3 Å². The Balaban J connectivity index is 1.52. The Kier molecular flexibility index (Phi) is 3.76. The van der Waals surface area contributed by atoms with E-state index in [0.29, 0.717) is 24.6 Å². The van der Waals surface area contributed by atoms with Gasteiger partial charge in [0.05, 0.1) is 0 Å². The first-order valence-corrected chi connectivity index (χ1v) is 8.79. The van der Waals surface area contributed by atoms with E-state index in [1.54, 1.807) is 11.1 Å². The van der Waals surface area contributed by atoms with Gasteiger partial charge in [-0.15, -0.1) is 0 Å². The molecular formula is C19H27NO. The van der Waals surface area contributed by atoms with Gasteiger partial charge in [0, 0.05) is 18.7 Å². The van der Waals surface area contributed by atoms with Crippen LogP contribution in [0.3, 0.4) is 0 Å². The summed E-state index contributed by atoms with van der Waals surface area (Å²) in [6.07, 6.45) is 9.01. The largest absolute Gasteiger partial charge is 0.396 e. The molecule has 2 heteroatoms. The minimum absolute atomic E-state index is 0.361. The van der Waals surface area contributed by atoms with Crippen LogP contribution in [0, 0.1) is 17.8 Å². The smallest absolute Gasteiger partial charge is 0.0474 e. The lowest BCUT2D eigenvalue weighted by Gasteiger charge is -2.30. The molecule has 3 aliphatic carbocycles. The molecule has 2 nitrogen and oxygen atoms in total. The zero-order valence-electron chi connectivity index (χ0n) is 12.8. The Morgan fingerprint density at radius 1 is 0.952 bits per heavy atom. The van der Waals surface area contributed by atoms with Crippen molar-refractivity contribution in [3.8, 4) is 0 Å². The van der Waals surface area contributed by atoms with E-state index in [2.05, 4.69) is 29.6 Å². The lowest BCUT2D eigenvalue weighted by molar-refractivity contribution is 0.187. The van der Waals surface area contributed by atoms with E-state index in [1.807, 2.05) is 0 Å². The van der Waals surface area contributed by atoms with Crippen molar-refractivity contribution < 1.29 is 5.11 Å². The highest BCUT2D eigenvalue weighted by Gasteiger charge is 2.41. The van der Waals surface area contributed by atoms with E-state index in [4.69, 9.17) is 0 Å². The lowest BCUT2D eigenvalue weighted by atomic mass is 9.93. The van der Waals surface area contributed by atoms with Crippen molar-refractivity contribution >= 4 is 0 Å². The quantitative estimate of drug-likeness (QED) is 0.895. The van der Waals surface area contributed by atoms with Gasteiger partial charge in [-0.1, -0.05) is 30.7 Å². The third-order valence-electron chi connectivity index (χ3n) is 6.31. The molecule has 2 N–H and O–H groups in total. The van der Waals surface area contributed by atoms with Gasteiger partial charge < -0.3 is 10.4 Å². The van der Waals surface area contributed by atoms with Crippen LogP contribution in [0.25, 0.3) is 0 Å². The Morgan fingerprint density at radius 2 is 1.62 bits per heavy atom. The van der Waals surface area contributed by atoms with E-state index < -0.39 is 0 Å². The standard InChI is InChI=1S/C19H27NO/c21-12-17-6-3-7-18(17)20-19-15-8-9-16(19)11-14-5-2-1-4-13(14)10-15/h1-2,4-5,15-21H,3,6-12H2. The first kappa shape index (κ1) is 13.8. The molecule has 0 heterocycles. The Labute approximate surface area is 128 Å². The fraction of sp³-hybridized carbons (Fsp3) is 0.684. The third kappa shape index (κ3) is 2.53. The first-order chi connectivity index (χ1) is 10.3. The minimum atomic E-state index is 0.361. The Bertz CT molecular complexity index is 467. The van der Waals surface area contributed by atoms with Crippen LogP contribution >= 0.6 is 0 Å². The van der Waals surface area contributed by atoms with Gasteiger partial charge in [0.1, 0.15) is 0 Å². The summed E-state index contributed by atoms with van der Waals surface area (Å²) in [6, 6.07) is 10.3. The molecule has 2 bridgehead atoms. The molecule has 0 saturated heterocycles. The number of aliphatic hydroxyl groups excluding tert-OH is 1. The second kappa shape index (κ2) is 5.73. The summed E-state index contributed by atoms with van der Waals surface area (Å²) in [6.45, 7) is 0.361. The van der Waals surface area contributed by atoms with E-state index in [-0.39, 0.29) is 0 Å². The van der Waals surface area contributed by atoms with Crippen LogP contribution in [-0.4, -0.2) is 23.8 Å². The van der Waals surface area contributed by atoms with Gasteiger partial charge in [-0.25, -0.2) is 0 Å². The first-order valence-electron chi connectivity index (χ1n) is 8.79. The summed E-state index contributed by atoms with van der Waals surface area (Å²) in [5.74, 6) is 2.10. The van der Waals surface area contributed by atoms with Crippen LogP contribution in [-0.2, 0) is 12.8 Å². The molecule has 4 atom stereocenters. The maximum atomic E-state index is 9.57. The number of rotatable bonds is 3. The van der Waals surface area contributed by atoms with Crippen molar-refractivity contribution in [3.63, 3.8) is 0 Å². The third-order valence-corrected chi connectivity index (χ3v) is 6.31. The van der Waals surface area contributed by atoms with Crippen LogP contribution in [0.4, 0.5) is 0 Å². The maximum absolute atomic E-state index is 9.57. The molecule has 4 unspecified atom stereocenters. The summed E-state index contributed by atoms with van der Waals surface area (Å²) in [7, 11) is 0. The van der Waals surface area contributed by atoms with Gasteiger partial charge in [-0.2, -0.15) is 0 Å². The van der Waals surface area contributed by atoms with Crippen molar-refractivity contribution in [2.75, 3.05) is 6.61 Å². The summed E-state index contributed by atoms with van der Waals surface area (Å²) < 4.78 is 0. The molecule has 2 fully saturated rings. The molecular weight excluding hydrogens is 258 g/mol. The average Bonchev–Trinajstić information content (AvgIpc) is 3.04. The summed E-state index contributed by atoms with van der Waals surface area (Å²) in [4.78, 5) is 0. The summed E-state index contributed by atoms with van der Waals surface area (Å²) >= 11 is 0. The molecule has 1 aromatic rings. The fourth-order valence-electron chi connectivity index (χ4n) is 5.15. The Morgan fingerprint density at radius 3 is 2.24 bits per heavy atom. The lowest BCUT2D eigenvalue weighted by Crippen LogP contribution is -2.46. The molecule has 21 heavy (non-hydrogen) atoms. The van der Waals surface area contributed by atoms with Crippen LogP contribution in [0.1, 0.15) is 43.2 Å². The molecule has 3 aliphatic rings. The van der Waals surface area contributed by atoms with Crippen molar-refractivity contribution in [2.24, 2.45) is 17.8 Å². The molecule has 4 rings (SSSR count). The second-order valence-corrected chi connectivity index (χ2v) is 7.45. The highest BCUT2D eigenvalue weighted by Crippen LogP contribution is 2.41. The van der Waals surface area contributed by atoms with Crippen molar-refractivity contribution in [3.05, 3.63) is 35.4 Å². The predicted octanol–water partition coefficient (Wildman–Crippen LogP) is 2.93. The van der Waals surface area contributed by atoms with Crippen molar-refractivity contribution in [1.29, 1.82) is 0 Å². The number of aliphatic hydroxyl groups is 1. The van der Waals surface area contributed by atoms with Gasteiger partial charge in [0.2, 0.25) is 0 Å². The van der Waals surface area contributed by atoms with Crippen LogP contribution in [0.15, 0.2) is 24.3 Å². The molecule has 114 valence electrons. The zero-order valence-corrected chi connectivity index (χ0v) is 12.8. The molecule has 0 spiro atoms. The highest BCUT2D eigenvalue weighted by molar-refractivity contribution is 5.30. The van der Waals surface area contributed by atoms with Gasteiger partial charge in [0.15, 0.2) is 0 Å². The number of benzene rings is 1. The SMILES string of the molecule is OCC1CCCC1NC1C2CCC1Cc1ccccc1C2. The van der Waals surface area contributed by atoms with Gasteiger partial charge in [-0.3, -0.25) is 0 Å². The van der Waals surface area contributed by atoms with Crippen LogP contribution in [0.2, 0.25) is 0 Å². The van der Waals surface area contributed by atoms with Gasteiger partial charge in [-0.05, 0) is 67.4 Å². The predicted molar refractivity (Wildman–Crippen MR) is 85.2 cm³/mol. The van der Waals surface area contributed by atoms with Crippen LogP contribution < -0.4 is 5.32 Å². The zero-order chi connectivity index (χ0) is 14.2. The average molecular weight is 285 g/mol. The highest BCUT2D eigenvalue weighted by atomic mass is 16.3. The molecule has 0 radical (unpaired) electrons. The Hall–Kier alpha value is -0.860. The monoisotopic (exact) mass is 285 g/mol. The molecule has 1 aromatic carbocycles. The van der Waals surface area contributed by atoms with Gasteiger partial charge >= 0.3 is 0 Å². The van der Waals surface area contributed by atoms with Crippen molar-refractivity contribution in [1.82, 2.24) is 5.32 Å². The normalized spacial score (nSPS) is 38.2. The number of hydrogen-bond donors (Lipinski definition) is 2. The second-order valence-electron chi connectivity index (χ2n) is 7.45. The molecule has 2 saturated carbocycles. The molecule has 0 amide bonds. The molecule has 0 aliphatic heterocycles. The van der Waals surface area contributed by atoms with Crippen molar-refractivity contribution in [2.45, 2.75) is 57.0 Å². The number of nitrogens with one attached hydrogen (secondary N) is 1. The van der Waals surface area contributed by atoms with Crippen LogP contribution in [0.5, 0.6) is 0 Å². The van der Waals surface area contributed by atoms with E-state index in [1.165, 1.54) is 44.9 Å². The maximum Gasteiger partial charge on any atom is 0.0474 e.